The Labute approximate surface area is 59.3 Å². The summed E-state index contributed by atoms with van der Waals surface area (Å²) in [6, 6.07) is 0. The predicted molar refractivity (Wildman–Crippen MR) is 32.2 cm³/mol. The zero-order valence-corrected chi connectivity index (χ0v) is 6.06. The molecule has 0 spiro atoms. The summed E-state index contributed by atoms with van der Waals surface area (Å²) in [5, 5.41) is 24.5. The zero-order chi connectivity index (χ0) is 8.15. The first kappa shape index (κ1) is 9.80. The molecule has 0 aromatic carbocycles. The average Bonchev–Trinajstić information content (AvgIpc) is 1.81. The van der Waals surface area contributed by atoms with Crippen LogP contribution in [0.3, 0.4) is 0 Å². The highest BCUT2D eigenvalue weighted by Gasteiger charge is 2.15. The highest BCUT2D eigenvalue weighted by molar-refractivity contribution is 4.57. The minimum Gasteiger partial charge on any atom is -0.394 e. The van der Waals surface area contributed by atoms with Crippen molar-refractivity contribution in [2.24, 2.45) is 5.92 Å². The first-order valence-electron chi connectivity index (χ1n) is 3.03. The van der Waals surface area contributed by atoms with Crippen LogP contribution in [0.2, 0.25) is 0 Å². The fourth-order valence-corrected chi connectivity index (χ4v) is 0.487. The highest BCUT2D eigenvalue weighted by atomic mass is 17.1. The molecular weight excluding hydrogens is 138 g/mol. The summed E-state index contributed by atoms with van der Waals surface area (Å²) < 4.78 is 0. The predicted octanol–water partition coefficient (Wildman–Crippen LogP) is 0.0153. The second kappa shape index (κ2) is 4.59. The molecule has 62 valence electrons. The smallest absolute Gasteiger partial charge is 0.110 e. The fraction of sp³-hybridized carbons (Fsp3) is 1.00. The molecule has 5 nitrogen and oxygen atoms in total. The van der Waals surface area contributed by atoms with Crippen LogP contribution in [0.5, 0.6) is 0 Å². The second-order valence-corrected chi connectivity index (χ2v) is 2.32. The van der Waals surface area contributed by atoms with E-state index in [0.29, 0.717) is 0 Å². The molecule has 0 rings (SSSR count). The van der Waals surface area contributed by atoms with Crippen molar-refractivity contribution < 1.29 is 20.4 Å². The molecule has 1 atom stereocenters. The maximum Gasteiger partial charge on any atom is 0.110 e. The van der Waals surface area contributed by atoms with E-state index in [4.69, 9.17) is 15.5 Å². The monoisotopic (exact) mass is 151 g/mol. The van der Waals surface area contributed by atoms with Gasteiger partial charge in [0.2, 0.25) is 0 Å². The number of hydrogen-bond acceptors (Lipinski definition) is 5. The summed E-state index contributed by atoms with van der Waals surface area (Å²) >= 11 is 0. The van der Waals surface area contributed by atoms with Gasteiger partial charge in [0.05, 0.1) is 12.0 Å². The average molecular weight is 151 g/mol. The number of aliphatic hydroxyl groups is 1. The minimum atomic E-state index is -0.574. The van der Waals surface area contributed by atoms with Crippen molar-refractivity contribution >= 4 is 0 Å². The molecule has 1 unspecified atom stereocenters. The zero-order valence-electron chi connectivity index (χ0n) is 6.06. The Morgan fingerprint density at radius 2 is 1.90 bits per heavy atom. The summed E-state index contributed by atoms with van der Waals surface area (Å²) in [6.45, 7) is 3.35. The van der Waals surface area contributed by atoms with Crippen LogP contribution in [-0.4, -0.2) is 33.6 Å². The van der Waals surface area contributed by atoms with Crippen LogP contribution >= 0.6 is 0 Å². The van der Waals surface area contributed by atoms with Crippen molar-refractivity contribution in [3.05, 3.63) is 0 Å². The summed E-state index contributed by atoms with van der Waals surface area (Å²) in [7, 11) is 0. The van der Waals surface area contributed by atoms with Crippen molar-refractivity contribution in [1.82, 2.24) is 5.39 Å². The Kier molecular flexibility index (Phi) is 4.50. The lowest BCUT2D eigenvalue weighted by Gasteiger charge is -2.18. The molecule has 3 N–H and O–H groups in total. The maximum absolute atomic E-state index is 8.57. The van der Waals surface area contributed by atoms with Gasteiger partial charge in [0.1, 0.15) is 6.10 Å². The molecule has 5 heteroatoms. The van der Waals surface area contributed by atoms with Crippen molar-refractivity contribution in [3.8, 4) is 0 Å². The van der Waals surface area contributed by atoms with Gasteiger partial charge in [-0.25, -0.2) is 4.84 Å². The lowest BCUT2D eigenvalue weighted by atomic mass is 10.1. The van der Waals surface area contributed by atoms with Gasteiger partial charge >= 0.3 is 0 Å². The quantitative estimate of drug-likeness (QED) is 0.494. The Bertz CT molecular complexity index is 85.7. The molecule has 0 amide bonds. The molecule has 0 heterocycles. The van der Waals surface area contributed by atoms with E-state index in [1.807, 2.05) is 0 Å². The van der Waals surface area contributed by atoms with E-state index in [0.717, 1.165) is 0 Å². The highest BCUT2D eigenvalue weighted by Crippen LogP contribution is 2.05. The van der Waals surface area contributed by atoms with E-state index in [-0.39, 0.29) is 17.9 Å². The van der Waals surface area contributed by atoms with Gasteiger partial charge in [0.25, 0.3) is 0 Å². The third-order valence-electron chi connectivity index (χ3n) is 1.15. The molecule has 0 radical (unpaired) electrons. The summed E-state index contributed by atoms with van der Waals surface area (Å²) in [6.07, 6.45) is -0.574. The van der Waals surface area contributed by atoms with Gasteiger partial charge in [-0.1, -0.05) is 13.8 Å². The van der Waals surface area contributed by atoms with Gasteiger partial charge < -0.3 is 5.11 Å². The van der Waals surface area contributed by atoms with E-state index < -0.39 is 6.10 Å². The van der Waals surface area contributed by atoms with Crippen LogP contribution in [0.4, 0.5) is 0 Å². The lowest BCUT2D eigenvalue weighted by Crippen LogP contribution is -2.31. The molecule has 10 heavy (non-hydrogen) atoms. The third-order valence-corrected chi connectivity index (χ3v) is 1.15. The number of hydrogen-bond donors (Lipinski definition) is 3. The van der Waals surface area contributed by atoms with E-state index in [1.165, 1.54) is 0 Å². The number of rotatable bonds is 4. The van der Waals surface area contributed by atoms with Crippen LogP contribution in [0.15, 0.2) is 0 Å². The van der Waals surface area contributed by atoms with E-state index in [9.17, 15) is 0 Å². The Morgan fingerprint density at radius 1 is 1.40 bits per heavy atom. The third kappa shape index (κ3) is 3.76. The molecule has 0 aliphatic heterocycles. The van der Waals surface area contributed by atoms with Gasteiger partial charge in [0, 0.05) is 0 Å². The first-order valence-corrected chi connectivity index (χ1v) is 3.03. The molecular formula is C5H13NO4. The molecule has 0 aliphatic rings. The van der Waals surface area contributed by atoms with Crippen molar-refractivity contribution in [2.45, 2.75) is 20.0 Å². The van der Waals surface area contributed by atoms with Gasteiger partial charge in [-0.05, 0) is 5.92 Å². The first-order chi connectivity index (χ1) is 4.57. The number of nitrogens with zero attached hydrogens (tertiary/aromatic N) is 1. The summed E-state index contributed by atoms with van der Waals surface area (Å²) in [5.41, 5.74) is 0. The van der Waals surface area contributed by atoms with Crippen LogP contribution in [0.25, 0.3) is 0 Å². The molecule has 0 fully saturated rings. The topological polar surface area (TPSA) is 73.2 Å². The summed E-state index contributed by atoms with van der Waals surface area (Å²) in [5.74, 6) is 0.0341. The Hall–Kier alpha value is -0.200. The fourth-order valence-electron chi connectivity index (χ4n) is 0.487. The Balaban J connectivity index is 3.60. The van der Waals surface area contributed by atoms with Crippen molar-refractivity contribution in [1.29, 1.82) is 0 Å². The van der Waals surface area contributed by atoms with Crippen LogP contribution in [0, 0.1) is 5.92 Å². The van der Waals surface area contributed by atoms with E-state index in [1.54, 1.807) is 13.8 Å². The largest absolute Gasteiger partial charge is 0.394 e. The molecule has 0 aromatic heterocycles. The molecule has 0 aliphatic carbocycles. The minimum absolute atomic E-state index is 0.0341. The SMILES string of the molecule is CC(C)C(CO)ON(O)O. The van der Waals surface area contributed by atoms with E-state index >= 15 is 0 Å². The van der Waals surface area contributed by atoms with Crippen LogP contribution in [0.1, 0.15) is 13.8 Å². The van der Waals surface area contributed by atoms with Crippen LogP contribution in [-0.2, 0) is 4.84 Å². The van der Waals surface area contributed by atoms with Crippen molar-refractivity contribution in [3.63, 3.8) is 0 Å². The Morgan fingerprint density at radius 3 is 2.00 bits per heavy atom. The van der Waals surface area contributed by atoms with Gasteiger partial charge in [-0.2, -0.15) is 0 Å². The number of aliphatic hydroxyl groups excluding tert-OH is 1. The normalized spacial score (nSPS) is 14.7. The van der Waals surface area contributed by atoms with Gasteiger partial charge in [-0.3, -0.25) is 10.4 Å². The maximum atomic E-state index is 8.57. The van der Waals surface area contributed by atoms with Gasteiger partial charge in [0.15, 0.2) is 0 Å². The van der Waals surface area contributed by atoms with Gasteiger partial charge in [-0.15, -0.1) is 0 Å². The van der Waals surface area contributed by atoms with Crippen LogP contribution < -0.4 is 0 Å². The second-order valence-electron chi connectivity index (χ2n) is 2.32. The molecule has 0 aromatic rings. The van der Waals surface area contributed by atoms with Crippen molar-refractivity contribution in [2.75, 3.05) is 6.61 Å². The standard InChI is InChI=1S/C5H13NO4/c1-4(2)5(3-7)10-6(8)9/h4-5,7-9H,3H2,1-2H3. The lowest BCUT2D eigenvalue weighted by molar-refractivity contribution is -0.508. The van der Waals surface area contributed by atoms with E-state index in [2.05, 4.69) is 4.84 Å². The summed E-state index contributed by atoms with van der Waals surface area (Å²) in [4.78, 5) is 4.36. The molecule has 0 saturated carbocycles. The molecule has 0 bridgehead atoms. The molecule has 0 saturated heterocycles.